The Hall–Kier alpha value is -1.62. The van der Waals surface area contributed by atoms with Gasteiger partial charge in [0.2, 0.25) is 0 Å². The lowest BCUT2D eigenvalue weighted by molar-refractivity contribution is -0.873. The zero-order chi connectivity index (χ0) is 34.7. The number of ether oxygens (including phenoxy) is 2. The fraction of sp³-hybridized carbons (Fsp3) is 0.857. The number of hydrogen-bond donors (Lipinski definition) is 0. The van der Waals surface area contributed by atoms with E-state index in [2.05, 4.69) is 59.3 Å². The maximum Gasteiger partial charge on any atom is 0.306 e. The van der Waals surface area contributed by atoms with E-state index in [0.717, 1.165) is 38.5 Å². The summed E-state index contributed by atoms with van der Waals surface area (Å²) < 4.78 is 12.0. The minimum absolute atomic E-state index is 0.150. The third kappa shape index (κ3) is 37.1. The first-order chi connectivity index (χ1) is 22.8. The number of likely N-dealkylation sites (N-methyl/N-ethyl adjacent to an activating group) is 1. The van der Waals surface area contributed by atoms with Crippen molar-refractivity contribution in [3.63, 3.8) is 0 Å². The first kappa shape index (κ1) is 45.4. The van der Waals surface area contributed by atoms with E-state index in [4.69, 9.17) is 9.47 Å². The van der Waals surface area contributed by atoms with Crippen LogP contribution in [0.2, 0.25) is 0 Å². The molecule has 0 aromatic carbocycles. The molecular formula is C42H80NO4+. The first-order valence-corrected chi connectivity index (χ1v) is 20.2. The second-order valence-electron chi connectivity index (χ2n) is 14.9. The van der Waals surface area contributed by atoms with Gasteiger partial charge in [0.05, 0.1) is 21.1 Å². The van der Waals surface area contributed by atoms with Crippen molar-refractivity contribution in [2.45, 2.75) is 200 Å². The second kappa shape index (κ2) is 34.3. The van der Waals surface area contributed by atoms with Gasteiger partial charge >= 0.3 is 11.9 Å². The van der Waals surface area contributed by atoms with Gasteiger partial charge in [-0.3, -0.25) is 9.59 Å². The molecular weight excluding hydrogens is 582 g/mol. The summed E-state index contributed by atoms with van der Waals surface area (Å²) in [5.74, 6) is -0.350. The summed E-state index contributed by atoms with van der Waals surface area (Å²) in [5.41, 5.74) is 0. The number of hydrogen-bond acceptors (Lipinski definition) is 4. The van der Waals surface area contributed by atoms with Crippen LogP contribution in [-0.4, -0.2) is 56.8 Å². The van der Waals surface area contributed by atoms with Crippen molar-refractivity contribution in [2.75, 3.05) is 34.3 Å². The average molecular weight is 663 g/mol. The Kier molecular flexibility index (Phi) is 33.1. The van der Waals surface area contributed by atoms with Gasteiger partial charge in [-0.15, -0.1) is 0 Å². The van der Waals surface area contributed by atoms with Gasteiger partial charge < -0.3 is 14.0 Å². The monoisotopic (exact) mass is 663 g/mol. The van der Waals surface area contributed by atoms with E-state index in [1.807, 2.05) is 0 Å². The van der Waals surface area contributed by atoms with Gasteiger partial charge in [-0.1, -0.05) is 141 Å². The van der Waals surface area contributed by atoms with Crippen molar-refractivity contribution in [2.24, 2.45) is 0 Å². The Labute approximate surface area is 293 Å². The molecule has 5 heteroatoms. The Morgan fingerprint density at radius 3 is 1.21 bits per heavy atom. The van der Waals surface area contributed by atoms with E-state index in [9.17, 15) is 9.59 Å². The molecule has 0 heterocycles. The van der Waals surface area contributed by atoms with Gasteiger partial charge in [0.15, 0.2) is 6.10 Å². The highest BCUT2D eigenvalue weighted by Gasteiger charge is 2.23. The Balaban J connectivity index is 3.89. The van der Waals surface area contributed by atoms with Gasteiger partial charge in [0.1, 0.15) is 13.2 Å². The molecule has 0 fully saturated rings. The molecule has 276 valence electrons. The summed E-state index contributed by atoms with van der Waals surface area (Å²) >= 11 is 0. The van der Waals surface area contributed by atoms with Crippen LogP contribution >= 0.6 is 0 Å². The molecule has 0 aromatic heterocycles. The van der Waals surface area contributed by atoms with E-state index in [1.54, 1.807) is 0 Å². The number of allylic oxidation sites excluding steroid dienone is 4. The molecule has 0 spiro atoms. The van der Waals surface area contributed by atoms with Crippen molar-refractivity contribution in [1.82, 2.24) is 0 Å². The summed E-state index contributed by atoms with van der Waals surface area (Å²) in [7, 11) is 6.20. The SMILES string of the molecule is CCCCCCCC/C=C/CCCCCCCC(=O)OC[C@H](C[N+](C)(C)C)OC(=O)CCCCCCC/C=C/CCCCCCCC. The van der Waals surface area contributed by atoms with Crippen molar-refractivity contribution in [3.05, 3.63) is 24.3 Å². The Bertz CT molecular complexity index is 754. The van der Waals surface area contributed by atoms with E-state index < -0.39 is 6.10 Å². The van der Waals surface area contributed by atoms with Crippen LogP contribution in [0.15, 0.2) is 24.3 Å². The number of nitrogens with zero attached hydrogens (tertiary/aromatic N) is 1. The van der Waals surface area contributed by atoms with Crippen LogP contribution in [0, 0.1) is 0 Å². The maximum atomic E-state index is 12.6. The summed E-state index contributed by atoms with van der Waals surface area (Å²) in [6.07, 6.45) is 42.1. The van der Waals surface area contributed by atoms with Crippen LogP contribution in [0.3, 0.4) is 0 Å². The van der Waals surface area contributed by atoms with Crippen LogP contribution in [-0.2, 0) is 19.1 Å². The summed E-state index contributed by atoms with van der Waals surface area (Å²) in [4.78, 5) is 24.9. The summed E-state index contributed by atoms with van der Waals surface area (Å²) in [6.45, 7) is 5.31. The molecule has 0 rings (SSSR count). The van der Waals surface area contributed by atoms with E-state index in [-0.39, 0.29) is 18.5 Å². The number of carbonyl (C=O) groups is 2. The third-order valence-electron chi connectivity index (χ3n) is 8.77. The number of unbranched alkanes of at least 4 members (excludes halogenated alkanes) is 22. The lowest BCUT2D eigenvalue weighted by atomic mass is 10.1. The molecule has 0 saturated heterocycles. The predicted octanol–water partition coefficient (Wildman–Crippen LogP) is 12.2. The van der Waals surface area contributed by atoms with Gasteiger partial charge in [0, 0.05) is 12.8 Å². The molecule has 1 atom stereocenters. The molecule has 0 aliphatic rings. The lowest BCUT2D eigenvalue weighted by Crippen LogP contribution is -2.45. The number of esters is 2. The molecule has 0 N–H and O–H groups in total. The molecule has 47 heavy (non-hydrogen) atoms. The summed E-state index contributed by atoms with van der Waals surface area (Å²) in [5, 5.41) is 0. The largest absolute Gasteiger partial charge is 0.461 e. The minimum atomic E-state index is -0.399. The van der Waals surface area contributed by atoms with Gasteiger partial charge in [-0.2, -0.15) is 0 Å². The number of carbonyl (C=O) groups excluding carboxylic acids is 2. The highest BCUT2D eigenvalue weighted by atomic mass is 16.6. The molecule has 0 aromatic rings. The Morgan fingerprint density at radius 1 is 0.489 bits per heavy atom. The molecule has 0 aliphatic carbocycles. The third-order valence-corrected chi connectivity index (χ3v) is 8.77. The number of rotatable bonds is 35. The quantitative estimate of drug-likeness (QED) is 0.0293. The van der Waals surface area contributed by atoms with E-state index >= 15 is 0 Å². The van der Waals surface area contributed by atoms with Gasteiger partial charge in [-0.25, -0.2) is 0 Å². The molecule has 0 aliphatic heterocycles. The second-order valence-corrected chi connectivity index (χ2v) is 14.9. The summed E-state index contributed by atoms with van der Waals surface area (Å²) in [6, 6.07) is 0. The molecule has 0 saturated carbocycles. The van der Waals surface area contributed by atoms with Crippen molar-refractivity contribution in [3.8, 4) is 0 Å². The number of quaternary nitrogens is 1. The van der Waals surface area contributed by atoms with Crippen molar-refractivity contribution >= 4 is 11.9 Å². The highest BCUT2D eigenvalue weighted by Crippen LogP contribution is 2.13. The zero-order valence-corrected chi connectivity index (χ0v) is 32.2. The zero-order valence-electron chi connectivity index (χ0n) is 32.2. The fourth-order valence-electron chi connectivity index (χ4n) is 5.92. The average Bonchev–Trinajstić information content (AvgIpc) is 3.03. The maximum absolute atomic E-state index is 12.6. The molecule has 0 bridgehead atoms. The smallest absolute Gasteiger partial charge is 0.306 e. The van der Waals surface area contributed by atoms with Crippen LogP contribution in [0.4, 0.5) is 0 Å². The van der Waals surface area contributed by atoms with Crippen molar-refractivity contribution < 1.29 is 23.5 Å². The Morgan fingerprint density at radius 2 is 0.830 bits per heavy atom. The highest BCUT2D eigenvalue weighted by molar-refractivity contribution is 5.70. The standard InChI is InChI=1S/C42H80NO4/c1-6-8-10-12-14-16-18-20-22-24-26-28-30-32-34-36-41(44)46-39-40(38-43(3,4)5)47-42(45)37-35-33-31-29-27-25-23-21-19-17-15-13-11-9-7-2/h20-23,40H,6-19,24-39H2,1-5H3/q+1/b22-20+,23-21+/t40-/m0/s1. The molecule has 0 radical (unpaired) electrons. The van der Waals surface area contributed by atoms with Gasteiger partial charge in [-0.05, 0) is 64.2 Å². The van der Waals surface area contributed by atoms with Gasteiger partial charge in [0.25, 0.3) is 0 Å². The fourth-order valence-corrected chi connectivity index (χ4v) is 5.92. The first-order valence-electron chi connectivity index (χ1n) is 20.2. The van der Waals surface area contributed by atoms with E-state index in [0.29, 0.717) is 23.9 Å². The molecule has 0 amide bonds. The van der Waals surface area contributed by atoms with Crippen LogP contribution < -0.4 is 0 Å². The minimum Gasteiger partial charge on any atom is -0.461 e. The predicted molar refractivity (Wildman–Crippen MR) is 203 cm³/mol. The van der Waals surface area contributed by atoms with Crippen LogP contribution in [0.1, 0.15) is 194 Å². The molecule has 5 nitrogen and oxygen atoms in total. The van der Waals surface area contributed by atoms with Crippen LogP contribution in [0.5, 0.6) is 0 Å². The topological polar surface area (TPSA) is 52.6 Å². The lowest BCUT2D eigenvalue weighted by Gasteiger charge is -2.28. The van der Waals surface area contributed by atoms with E-state index in [1.165, 1.54) is 128 Å². The normalized spacial score (nSPS) is 12.7. The van der Waals surface area contributed by atoms with Crippen LogP contribution in [0.25, 0.3) is 0 Å². The van der Waals surface area contributed by atoms with Crippen molar-refractivity contribution in [1.29, 1.82) is 0 Å². The molecule has 0 unspecified atom stereocenters.